The van der Waals surface area contributed by atoms with Crippen molar-refractivity contribution in [2.75, 3.05) is 7.11 Å². The molecule has 0 radical (unpaired) electrons. The monoisotopic (exact) mass is 287 g/mol. The fourth-order valence-electron chi connectivity index (χ4n) is 1.67. The van der Waals surface area contributed by atoms with Crippen LogP contribution < -0.4 is 9.46 Å². The normalized spacial score (nSPS) is 15.1. The van der Waals surface area contributed by atoms with Gasteiger partial charge in [-0.3, -0.25) is 0 Å². The summed E-state index contributed by atoms with van der Waals surface area (Å²) in [7, 11) is 0.312. The molecule has 0 spiro atoms. The Morgan fingerprint density at radius 1 is 1.42 bits per heavy atom. The van der Waals surface area contributed by atoms with Crippen LogP contribution in [0.25, 0.3) is 0 Å². The predicted octanol–water partition coefficient (Wildman–Crippen LogP) is 2.82. The summed E-state index contributed by atoms with van der Waals surface area (Å²) in [5.74, 6) is -0.109. The molecule has 0 heterocycles. The van der Waals surface area contributed by atoms with Crippen molar-refractivity contribution in [2.45, 2.75) is 44.9 Å². The number of nitrogens with one attached hydrogen (secondary N) is 1. The Labute approximate surface area is 117 Å². The number of benzene rings is 1. The van der Waals surface area contributed by atoms with Gasteiger partial charge >= 0.3 is 0 Å². The first-order valence-electron chi connectivity index (χ1n) is 6.25. The fraction of sp³-hybridized carbons (Fsp3) is 0.571. The van der Waals surface area contributed by atoms with Crippen LogP contribution in [0.5, 0.6) is 5.75 Å². The van der Waals surface area contributed by atoms with Crippen molar-refractivity contribution in [3.8, 4) is 5.75 Å². The van der Waals surface area contributed by atoms with E-state index < -0.39 is 11.0 Å². The van der Waals surface area contributed by atoms with Crippen LogP contribution in [-0.2, 0) is 17.4 Å². The van der Waals surface area contributed by atoms with E-state index in [1.165, 1.54) is 13.2 Å². The van der Waals surface area contributed by atoms with Crippen LogP contribution in [0.4, 0.5) is 4.39 Å². The minimum atomic E-state index is -1.14. The van der Waals surface area contributed by atoms with E-state index >= 15 is 0 Å². The third-order valence-electron chi connectivity index (χ3n) is 2.64. The van der Waals surface area contributed by atoms with Gasteiger partial charge in [0.2, 0.25) is 0 Å². The molecule has 3 nitrogen and oxygen atoms in total. The van der Waals surface area contributed by atoms with Gasteiger partial charge in [-0.25, -0.2) is 13.3 Å². The van der Waals surface area contributed by atoms with Crippen molar-refractivity contribution in [1.82, 2.24) is 4.72 Å². The molecule has 19 heavy (non-hydrogen) atoms. The van der Waals surface area contributed by atoms with E-state index in [4.69, 9.17) is 4.74 Å². The lowest BCUT2D eigenvalue weighted by Crippen LogP contribution is -2.39. The maximum absolute atomic E-state index is 13.5. The lowest BCUT2D eigenvalue weighted by Gasteiger charge is -2.22. The lowest BCUT2D eigenvalue weighted by molar-refractivity contribution is 0.380. The number of methoxy groups -OCH3 is 1. The van der Waals surface area contributed by atoms with Gasteiger partial charge in [-0.1, -0.05) is 12.1 Å². The fourth-order valence-corrected chi connectivity index (χ4v) is 2.48. The van der Waals surface area contributed by atoms with E-state index in [-0.39, 0.29) is 22.4 Å². The van der Waals surface area contributed by atoms with Gasteiger partial charge in [-0.05, 0) is 45.7 Å². The first kappa shape index (κ1) is 16.1. The van der Waals surface area contributed by atoms with Crippen molar-refractivity contribution in [2.24, 2.45) is 0 Å². The SMILES string of the molecule is COc1c(F)cccc1CC(C)N[S@@](=O)C(C)(C)C. The summed E-state index contributed by atoms with van der Waals surface area (Å²) in [6.07, 6.45) is 0.558. The molecule has 0 saturated heterocycles. The summed E-state index contributed by atoms with van der Waals surface area (Å²) in [4.78, 5) is 0. The average Bonchev–Trinajstić information content (AvgIpc) is 2.27. The number of halogens is 1. The summed E-state index contributed by atoms with van der Waals surface area (Å²) in [6.45, 7) is 7.65. The Kier molecular flexibility index (Phi) is 5.50. The van der Waals surface area contributed by atoms with Crippen molar-refractivity contribution in [1.29, 1.82) is 0 Å². The van der Waals surface area contributed by atoms with Gasteiger partial charge in [-0.2, -0.15) is 0 Å². The first-order valence-corrected chi connectivity index (χ1v) is 7.40. The second kappa shape index (κ2) is 6.48. The second-order valence-corrected chi connectivity index (χ2v) is 7.53. The highest BCUT2D eigenvalue weighted by Crippen LogP contribution is 2.23. The number of ether oxygens (including phenoxy) is 1. The van der Waals surface area contributed by atoms with Crippen LogP contribution in [-0.4, -0.2) is 22.1 Å². The maximum atomic E-state index is 13.5. The summed E-state index contributed by atoms with van der Waals surface area (Å²) in [6, 6.07) is 4.81. The lowest BCUT2D eigenvalue weighted by atomic mass is 10.1. The Morgan fingerprint density at radius 2 is 2.05 bits per heavy atom. The molecule has 0 aliphatic carbocycles. The summed E-state index contributed by atoms with van der Waals surface area (Å²) in [5.41, 5.74) is 0.772. The van der Waals surface area contributed by atoms with Crippen LogP contribution in [0.2, 0.25) is 0 Å². The highest BCUT2D eigenvalue weighted by Gasteiger charge is 2.22. The number of para-hydroxylation sites is 1. The molecule has 1 N–H and O–H groups in total. The van der Waals surface area contributed by atoms with Crippen molar-refractivity contribution >= 4 is 11.0 Å². The molecule has 1 rings (SSSR count). The summed E-state index contributed by atoms with van der Waals surface area (Å²) >= 11 is 0. The van der Waals surface area contributed by atoms with E-state index in [2.05, 4.69) is 4.72 Å². The number of hydrogen-bond donors (Lipinski definition) is 1. The zero-order chi connectivity index (χ0) is 14.6. The zero-order valence-electron chi connectivity index (χ0n) is 12.1. The van der Waals surface area contributed by atoms with Gasteiger partial charge in [0.25, 0.3) is 0 Å². The molecule has 0 aromatic heterocycles. The molecular formula is C14H22FNO2S. The van der Waals surface area contributed by atoms with E-state index in [1.54, 1.807) is 6.07 Å². The van der Waals surface area contributed by atoms with Crippen LogP contribution in [0.15, 0.2) is 18.2 Å². The number of rotatable bonds is 5. The van der Waals surface area contributed by atoms with Crippen molar-refractivity contribution in [3.05, 3.63) is 29.6 Å². The van der Waals surface area contributed by atoms with Crippen LogP contribution in [0.3, 0.4) is 0 Å². The molecule has 0 aliphatic heterocycles. The maximum Gasteiger partial charge on any atom is 0.165 e. The third kappa shape index (κ3) is 4.58. The van der Waals surface area contributed by atoms with Gasteiger partial charge in [0, 0.05) is 6.04 Å². The van der Waals surface area contributed by atoms with E-state index in [0.717, 1.165) is 5.56 Å². The van der Waals surface area contributed by atoms with E-state index in [9.17, 15) is 8.60 Å². The van der Waals surface area contributed by atoms with Crippen LogP contribution in [0.1, 0.15) is 33.3 Å². The topological polar surface area (TPSA) is 38.3 Å². The molecule has 108 valence electrons. The largest absolute Gasteiger partial charge is 0.493 e. The minimum Gasteiger partial charge on any atom is -0.493 e. The quantitative estimate of drug-likeness (QED) is 0.904. The highest BCUT2D eigenvalue weighted by molar-refractivity contribution is 7.84. The predicted molar refractivity (Wildman–Crippen MR) is 77.1 cm³/mol. The van der Waals surface area contributed by atoms with Crippen molar-refractivity contribution < 1.29 is 13.3 Å². The van der Waals surface area contributed by atoms with Gasteiger partial charge in [0.05, 0.1) is 22.8 Å². The molecule has 1 aromatic carbocycles. The standard InChI is InChI=1S/C14H22FNO2S/c1-10(16-19(17)14(2,3)4)9-11-7-6-8-12(15)13(11)18-5/h6-8,10,16H,9H2,1-5H3/t10?,19-/m0/s1. The smallest absolute Gasteiger partial charge is 0.165 e. The van der Waals surface area contributed by atoms with E-state index in [0.29, 0.717) is 6.42 Å². The first-order chi connectivity index (χ1) is 8.75. The second-order valence-electron chi connectivity index (χ2n) is 5.54. The van der Waals surface area contributed by atoms with Gasteiger partial charge in [0.1, 0.15) is 0 Å². The Balaban J connectivity index is 2.75. The molecule has 0 fully saturated rings. The molecule has 0 bridgehead atoms. The molecule has 1 aromatic rings. The minimum absolute atomic E-state index is 0.0317. The van der Waals surface area contributed by atoms with Gasteiger partial charge in [-0.15, -0.1) is 0 Å². The van der Waals surface area contributed by atoms with Crippen molar-refractivity contribution in [3.63, 3.8) is 0 Å². The average molecular weight is 287 g/mol. The Hall–Kier alpha value is -0.940. The summed E-state index contributed by atoms with van der Waals surface area (Å²) < 4.78 is 33.3. The highest BCUT2D eigenvalue weighted by atomic mass is 32.2. The molecular weight excluding hydrogens is 265 g/mol. The molecule has 5 heteroatoms. The Morgan fingerprint density at radius 3 is 2.58 bits per heavy atom. The molecule has 1 unspecified atom stereocenters. The van der Waals surface area contributed by atoms with Crippen LogP contribution in [0, 0.1) is 5.82 Å². The Bertz CT molecular complexity index is 457. The van der Waals surface area contributed by atoms with Crippen LogP contribution >= 0.6 is 0 Å². The summed E-state index contributed by atoms with van der Waals surface area (Å²) in [5, 5.41) is 0. The van der Waals surface area contributed by atoms with E-state index in [1.807, 2.05) is 33.8 Å². The third-order valence-corrected chi connectivity index (χ3v) is 4.37. The number of hydrogen-bond acceptors (Lipinski definition) is 2. The molecule has 0 saturated carbocycles. The van der Waals surface area contributed by atoms with Gasteiger partial charge < -0.3 is 4.74 Å². The molecule has 0 amide bonds. The van der Waals surface area contributed by atoms with Gasteiger partial charge in [0.15, 0.2) is 11.6 Å². The zero-order valence-corrected chi connectivity index (χ0v) is 12.9. The molecule has 2 atom stereocenters. The molecule has 0 aliphatic rings.